The number of rotatable bonds is 3. The van der Waals surface area contributed by atoms with Crippen LogP contribution in [0.5, 0.6) is 0 Å². The third-order valence-corrected chi connectivity index (χ3v) is 5.29. The van der Waals surface area contributed by atoms with Crippen molar-refractivity contribution < 1.29 is 18.4 Å². The average molecular weight is 371 g/mol. The molecule has 0 saturated carbocycles. The van der Waals surface area contributed by atoms with Gasteiger partial charge in [0.05, 0.1) is 29.6 Å². The maximum atomic E-state index is 12.8. The van der Waals surface area contributed by atoms with Crippen molar-refractivity contribution in [2.24, 2.45) is 0 Å². The van der Waals surface area contributed by atoms with Crippen molar-refractivity contribution in [1.82, 2.24) is 9.88 Å². The molecular weight excluding hydrogens is 354 g/mol. The van der Waals surface area contributed by atoms with Crippen LogP contribution in [0.2, 0.25) is 0 Å². The Morgan fingerprint density at radius 2 is 2.19 bits per heavy atom. The van der Waals surface area contributed by atoms with Gasteiger partial charge in [0.15, 0.2) is 5.13 Å². The van der Waals surface area contributed by atoms with Gasteiger partial charge in [-0.15, -0.1) is 0 Å². The summed E-state index contributed by atoms with van der Waals surface area (Å²) in [4.78, 5) is 32.1. The molecule has 8 heteroatoms. The number of nitrogens with zero attached hydrogens (tertiary/aromatic N) is 2. The maximum Gasteiger partial charge on any atom is 0.260 e. The molecule has 4 rings (SSSR count). The van der Waals surface area contributed by atoms with Gasteiger partial charge in [-0.3, -0.25) is 14.9 Å². The summed E-state index contributed by atoms with van der Waals surface area (Å²) in [6.07, 6.45) is 3.50. The van der Waals surface area contributed by atoms with E-state index in [-0.39, 0.29) is 11.8 Å². The lowest BCUT2D eigenvalue weighted by atomic mass is 10.1. The van der Waals surface area contributed by atoms with Gasteiger partial charge >= 0.3 is 0 Å². The van der Waals surface area contributed by atoms with Gasteiger partial charge in [0.2, 0.25) is 0 Å². The zero-order chi connectivity index (χ0) is 18.3. The molecule has 0 saturated heterocycles. The molecule has 3 aromatic heterocycles. The van der Waals surface area contributed by atoms with E-state index in [1.807, 2.05) is 6.92 Å². The minimum Gasteiger partial charge on any atom is -0.472 e. The molecule has 0 radical (unpaired) electrons. The minimum atomic E-state index is -0.262. The number of nitrogens with one attached hydrogen (secondary N) is 1. The molecule has 1 aliphatic heterocycles. The summed E-state index contributed by atoms with van der Waals surface area (Å²) in [5.74, 6) is 1.06. The van der Waals surface area contributed by atoms with Crippen LogP contribution >= 0.6 is 11.3 Å². The first kappa shape index (κ1) is 16.6. The third-order valence-electron chi connectivity index (χ3n) is 4.29. The molecule has 134 valence electrons. The highest BCUT2D eigenvalue weighted by Crippen LogP contribution is 2.30. The molecule has 0 spiro atoms. The zero-order valence-corrected chi connectivity index (χ0v) is 15.2. The van der Waals surface area contributed by atoms with E-state index < -0.39 is 0 Å². The topological polar surface area (TPSA) is 88.6 Å². The molecule has 3 aromatic rings. The highest BCUT2D eigenvalue weighted by molar-refractivity contribution is 7.15. The summed E-state index contributed by atoms with van der Waals surface area (Å²) in [7, 11) is 0. The number of hydrogen-bond donors (Lipinski definition) is 1. The second-order valence-electron chi connectivity index (χ2n) is 6.16. The Labute approximate surface area is 153 Å². The summed E-state index contributed by atoms with van der Waals surface area (Å²) in [6.45, 7) is 4.70. The molecule has 0 fully saturated rings. The quantitative estimate of drug-likeness (QED) is 0.762. The first-order chi connectivity index (χ1) is 12.5. The van der Waals surface area contributed by atoms with Crippen LogP contribution in [0.3, 0.4) is 0 Å². The fourth-order valence-electron chi connectivity index (χ4n) is 3.00. The van der Waals surface area contributed by atoms with Gasteiger partial charge < -0.3 is 13.7 Å². The number of furan rings is 2. The highest BCUT2D eigenvalue weighted by atomic mass is 32.1. The van der Waals surface area contributed by atoms with Gasteiger partial charge in [0.1, 0.15) is 17.8 Å². The van der Waals surface area contributed by atoms with E-state index in [9.17, 15) is 9.59 Å². The fraction of sp³-hybridized carbons (Fsp3) is 0.278. The zero-order valence-electron chi connectivity index (χ0n) is 14.4. The molecular formula is C18H17N3O4S. The molecule has 1 aliphatic rings. The second kappa shape index (κ2) is 6.45. The van der Waals surface area contributed by atoms with E-state index in [0.717, 1.165) is 16.3 Å². The number of fused-ring (bicyclic) bond motifs is 1. The van der Waals surface area contributed by atoms with Gasteiger partial charge in [-0.05, 0) is 26.0 Å². The number of carbonyl (C=O) groups is 2. The van der Waals surface area contributed by atoms with Crippen LogP contribution in [0.1, 0.15) is 42.8 Å². The van der Waals surface area contributed by atoms with Crippen molar-refractivity contribution in [3.8, 4) is 0 Å². The van der Waals surface area contributed by atoms with Crippen molar-refractivity contribution >= 4 is 28.3 Å². The molecule has 0 aliphatic carbocycles. The van der Waals surface area contributed by atoms with Crippen LogP contribution in [0, 0.1) is 13.8 Å². The van der Waals surface area contributed by atoms with Crippen LogP contribution in [0.25, 0.3) is 0 Å². The number of aryl methyl sites for hydroxylation is 2. The Morgan fingerprint density at radius 3 is 2.88 bits per heavy atom. The van der Waals surface area contributed by atoms with E-state index in [2.05, 4.69) is 10.3 Å². The Morgan fingerprint density at radius 1 is 1.35 bits per heavy atom. The first-order valence-electron chi connectivity index (χ1n) is 8.19. The van der Waals surface area contributed by atoms with Crippen molar-refractivity contribution in [2.45, 2.75) is 26.8 Å². The third kappa shape index (κ3) is 3.03. The maximum absolute atomic E-state index is 12.8. The molecule has 0 atom stereocenters. The van der Waals surface area contributed by atoms with Crippen molar-refractivity contribution in [3.63, 3.8) is 0 Å². The van der Waals surface area contributed by atoms with Crippen LogP contribution in [0.4, 0.5) is 5.13 Å². The molecule has 2 amide bonds. The van der Waals surface area contributed by atoms with Crippen molar-refractivity contribution in [1.29, 1.82) is 0 Å². The van der Waals surface area contributed by atoms with Gasteiger partial charge in [-0.2, -0.15) is 0 Å². The Hall–Kier alpha value is -2.87. The lowest BCUT2D eigenvalue weighted by Crippen LogP contribution is -2.35. The standard InChI is InChI=1S/C18H17N3O4S/c1-10-7-13(11(2)25-10)17(23)21-5-3-14-15(8-21)26-18(19-14)20-16(22)12-4-6-24-9-12/h4,6-7,9H,3,5,8H2,1-2H3,(H,19,20,22). The largest absolute Gasteiger partial charge is 0.472 e. The average Bonchev–Trinajstić information content (AvgIpc) is 3.32. The number of thiazole rings is 1. The molecule has 26 heavy (non-hydrogen) atoms. The van der Waals surface area contributed by atoms with Crippen molar-refractivity contribution in [2.75, 3.05) is 11.9 Å². The van der Waals surface area contributed by atoms with E-state index in [1.165, 1.54) is 23.9 Å². The molecule has 7 nitrogen and oxygen atoms in total. The number of anilines is 1. The summed E-state index contributed by atoms with van der Waals surface area (Å²) in [6, 6.07) is 3.37. The summed E-state index contributed by atoms with van der Waals surface area (Å²) < 4.78 is 10.4. The van der Waals surface area contributed by atoms with Crippen LogP contribution in [-0.2, 0) is 13.0 Å². The normalized spacial score (nSPS) is 13.5. The summed E-state index contributed by atoms with van der Waals surface area (Å²) in [5.41, 5.74) is 1.98. The first-order valence-corrected chi connectivity index (χ1v) is 9.01. The number of carbonyl (C=O) groups excluding carboxylic acids is 2. The molecule has 4 heterocycles. The lowest BCUT2D eigenvalue weighted by Gasteiger charge is -2.25. The van der Waals surface area contributed by atoms with Gasteiger partial charge in [0, 0.05) is 17.8 Å². The van der Waals surface area contributed by atoms with Gasteiger partial charge in [0.25, 0.3) is 11.8 Å². The number of hydrogen-bond acceptors (Lipinski definition) is 6. The highest BCUT2D eigenvalue weighted by Gasteiger charge is 2.27. The van der Waals surface area contributed by atoms with E-state index >= 15 is 0 Å². The van der Waals surface area contributed by atoms with Crippen LogP contribution in [-0.4, -0.2) is 28.2 Å². The number of amides is 2. The van der Waals surface area contributed by atoms with E-state index in [1.54, 1.807) is 24.0 Å². The summed E-state index contributed by atoms with van der Waals surface area (Å²) >= 11 is 1.40. The van der Waals surface area contributed by atoms with E-state index in [0.29, 0.717) is 41.5 Å². The van der Waals surface area contributed by atoms with Crippen LogP contribution < -0.4 is 5.32 Å². The van der Waals surface area contributed by atoms with Gasteiger partial charge in [-0.25, -0.2) is 4.98 Å². The molecule has 0 bridgehead atoms. The SMILES string of the molecule is Cc1cc(C(=O)N2CCc3nc(NC(=O)c4ccoc4)sc3C2)c(C)o1. The second-order valence-corrected chi connectivity index (χ2v) is 7.24. The molecule has 1 N–H and O–H groups in total. The Bertz CT molecular complexity index is 971. The lowest BCUT2D eigenvalue weighted by molar-refractivity contribution is 0.0734. The molecule has 0 unspecified atom stereocenters. The minimum absolute atomic E-state index is 0.0395. The summed E-state index contributed by atoms with van der Waals surface area (Å²) in [5, 5.41) is 3.31. The smallest absolute Gasteiger partial charge is 0.260 e. The predicted octanol–water partition coefficient (Wildman–Crippen LogP) is 3.40. The van der Waals surface area contributed by atoms with E-state index in [4.69, 9.17) is 8.83 Å². The van der Waals surface area contributed by atoms with Gasteiger partial charge in [-0.1, -0.05) is 11.3 Å². The van der Waals surface area contributed by atoms with Crippen LogP contribution in [0.15, 0.2) is 33.5 Å². The monoisotopic (exact) mass is 371 g/mol. The fourth-order valence-corrected chi connectivity index (χ4v) is 4.02. The van der Waals surface area contributed by atoms with Crippen molar-refractivity contribution in [3.05, 3.63) is 57.9 Å². The predicted molar refractivity (Wildman–Crippen MR) is 95.4 cm³/mol. The Kier molecular flexibility index (Phi) is 4.12. The molecule has 0 aromatic carbocycles. The Balaban J connectivity index is 1.49. The number of aromatic nitrogens is 1.